The number of carbonyl (C=O) groups is 1. The van der Waals surface area contributed by atoms with Crippen LogP contribution in [0.5, 0.6) is 5.75 Å². The van der Waals surface area contributed by atoms with Crippen LogP contribution in [0, 0.1) is 11.3 Å². The molecule has 2 aromatic rings. The lowest BCUT2D eigenvalue weighted by molar-refractivity contribution is -0.123. The molecule has 0 fully saturated rings. The Morgan fingerprint density at radius 2 is 1.96 bits per heavy atom. The second kappa shape index (κ2) is 8.70. The Labute approximate surface area is 145 Å². The Balaban J connectivity index is 1.96. The van der Waals surface area contributed by atoms with Gasteiger partial charge >= 0.3 is 0 Å². The quantitative estimate of drug-likeness (QED) is 0.645. The maximum atomic E-state index is 11.9. The lowest BCUT2D eigenvalue weighted by atomic mass is 10.1. The predicted octanol–water partition coefficient (Wildman–Crippen LogP) is 3.52. The van der Waals surface area contributed by atoms with Crippen LogP contribution in [0.4, 0.5) is 0 Å². The molecule has 0 heterocycles. The summed E-state index contributed by atoms with van der Waals surface area (Å²) < 4.78 is 5.36. The molecule has 1 amide bonds. The van der Waals surface area contributed by atoms with E-state index in [1.165, 1.54) is 0 Å². The highest BCUT2D eigenvalue weighted by molar-refractivity contribution is 6.30. The predicted molar refractivity (Wildman–Crippen MR) is 93.1 cm³/mol. The number of nitrogens with one attached hydrogen (secondary N) is 1. The van der Waals surface area contributed by atoms with Gasteiger partial charge < -0.3 is 4.74 Å². The van der Waals surface area contributed by atoms with E-state index in [1.54, 1.807) is 36.4 Å². The largest absolute Gasteiger partial charge is 0.482 e. The van der Waals surface area contributed by atoms with E-state index < -0.39 is 5.91 Å². The van der Waals surface area contributed by atoms with Crippen LogP contribution in [0.1, 0.15) is 24.5 Å². The number of nitrogens with zero attached hydrogens (tertiary/aromatic N) is 2. The van der Waals surface area contributed by atoms with E-state index in [0.717, 1.165) is 11.3 Å². The second-order valence-electron chi connectivity index (χ2n) is 4.85. The van der Waals surface area contributed by atoms with Gasteiger partial charge in [0, 0.05) is 5.02 Å². The van der Waals surface area contributed by atoms with Crippen molar-refractivity contribution in [1.82, 2.24) is 5.43 Å². The van der Waals surface area contributed by atoms with E-state index in [-0.39, 0.29) is 6.61 Å². The Morgan fingerprint density at radius 1 is 1.25 bits per heavy atom. The zero-order valence-electron chi connectivity index (χ0n) is 13.1. The minimum atomic E-state index is -0.400. The van der Waals surface area contributed by atoms with E-state index in [1.807, 2.05) is 25.1 Å². The van der Waals surface area contributed by atoms with E-state index in [9.17, 15) is 4.79 Å². The molecule has 6 heteroatoms. The molecule has 24 heavy (non-hydrogen) atoms. The summed E-state index contributed by atoms with van der Waals surface area (Å²) >= 11 is 5.86. The molecular weight excluding hydrogens is 326 g/mol. The van der Waals surface area contributed by atoms with Crippen LogP contribution in [-0.4, -0.2) is 18.2 Å². The van der Waals surface area contributed by atoms with Gasteiger partial charge in [0.2, 0.25) is 0 Å². The third kappa shape index (κ3) is 4.83. The van der Waals surface area contributed by atoms with Gasteiger partial charge in [-0.15, -0.1) is 0 Å². The third-order valence-electron chi connectivity index (χ3n) is 3.19. The number of rotatable bonds is 6. The molecule has 2 aromatic carbocycles. The van der Waals surface area contributed by atoms with Gasteiger partial charge in [0.1, 0.15) is 11.8 Å². The highest BCUT2D eigenvalue weighted by atomic mass is 35.5. The fraction of sp³-hybridized carbons (Fsp3) is 0.167. The first-order valence-corrected chi connectivity index (χ1v) is 7.75. The Kier molecular flexibility index (Phi) is 6.35. The van der Waals surface area contributed by atoms with E-state index in [4.69, 9.17) is 21.6 Å². The number of halogens is 1. The highest BCUT2D eigenvalue weighted by Gasteiger charge is 2.07. The normalized spacial score (nSPS) is 10.8. The number of benzene rings is 2. The summed E-state index contributed by atoms with van der Waals surface area (Å²) in [7, 11) is 0. The topological polar surface area (TPSA) is 74.5 Å². The molecule has 1 N–H and O–H groups in total. The van der Waals surface area contributed by atoms with Crippen LogP contribution in [0.25, 0.3) is 0 Å². The van der Waals surface area contributed by atoms with Crippen molar-refractivity contribution in [2.75, 3.05) is 6.61 Å². The maximum absolute atomic E-state index is 11.9. The van der Waals surface area contributed by atoms with Gasteiger partial charge in [-0.3, -0.25) is 4.79 Å². The van der Waals surface area contributed by atoms with E-state index in [0.29, 0.717) is 22.8 Å². The monoisotopic (exact) mass is 341 g/mol. The minimum Gasteiger partial charge on any atom is -0.482 e. The summed E-state index contributed by atoms with van der Waals surface area (Å²) in [4.78, 5) is 11.9. The van der Waals surface area contributed by atoms with Crippen LogP contribution < -0.4 is 10.2 Å². The molecule has 0 saturated heterocycles. The lowest BCUT2D eigenvalue weighted by Crippen LogP contribution is -2.26. The van der Waals surface area contributed by atoms with Crippen molar-refractivity contribution in [1.29, 1.82) is 5.26 Å². The highest BCUT2D eigenvalue weighted by Crippen LogP contribution is 2.16. The summed E-state index contributed by atoms with van der Waals surface area (Å²) in [5.74, 6) is -0.0322. The minimum absolute atomic E-state index is 0.222. The molecule has 0 aliphatic carbocycles. The third-order valence-corrected chi connectivity index (χ3v) is 3.45. The zero-order chi connectivity index (χ0) is 17.4. The smallest absolute Gasteiger partial charge is 0.277 e. The van der Waals surface area contributed by atoms with Crippen molar-refractivity contribution >= 4 is 23.2 Å². The average molecular weight is 342 g/mol. The second-order valence-corrected chi connectivity index (χ2v) is 5.29. The molecule has 0 unspecified atom stereocenters. The SMILES string of the molecule is CC/C(=N/NC(=O)COc1ccccc1C#N)c1ccc(Cl)cc1. The molecule has 0 spiro atoms. The van der Waals surface area contributed by atoms with Crippen LogP contribution in [0.2, 0.25) is 5.02 Å². The number of carbonyl (C=O) groups excluding carboxylic acids is 1. The van der Waals surface area contributed by atoms with Crippen LogP contribution >= 0.6 is 11.6 Å². The van der Waals surface area contributed by atoms with Crippen LogP contribution in [0.3, 0.4) is 0 Å². The number of nitriles is 1. The Bertz CT molecular complexity index is 780. The molecule has 0 aromatic heterocycles. The number of hydrogen-bond acceptors (Lipinski definition) is 4. The van der Waals surface area contributed by atoms with E-state index in [2.05, 4.69) is 10.5 Å². The van der Waals surface area contributed by atoms with Crippen molar-refractivity contribution in [2.45, 2.75) is 13.3 Å². The first-order valence-electron chi connectivity index (χ1n) is 7.37. The van der Waals surface area contributed by atoms with Gasteiger partial charge in [0.05, 0.1) is 11.3 Å². The first kappa shape index (κ1) is 17.5. The molecule has 0 saturated carbocycles. The Hall–Kier alpha value is -2.84. The molecule has 0 bridgehead atoms. The van der Waals surface area contributed by atoms with Crippen LogP contribution in [0.15, 0.2) is 53.6 Å². The van der Waals surface area contributed by atoms with Gasteiger partial charge in [0.15, 0.2) is 6.61 Å². The van der Waals surface area contributed by atoms with Gasteiger partial charge in [-0.1, -0.05) is 42.8 Å². The summed E-state index contributed by atoms with van der Waals surface area (Å²) in [5.41, 5.74) is 4.46. The van der Waals surface area contributed by atoms with E-state index >= 15 is 0 Å². The molecular formula is C18H16ClN3O2. The molecule has 0 atom stereocenters. The Morgan fingerprint density at radius 3 is 2.62 bits per heavy atom. The number of hydrazone groups is 1. The zero-order valence-corrected chi connectivity index (χ0v) is 13.9. The number of para-hydroxylation sites is 1. The lowest BCUT2D eigenvalue weighted by Gasteiger charge is -2.08. The summed E-state index contributed by atoms with van der Waals surface area (Å²) in [5, 5.41) is 13.7. The molecule has 122 valence electrons. The van der Waals surface area contributed by atoms with Crippen molar-refractivity contribution in [2.24, 2.45) is 5.10 Å². The maximum Gasteiger partial charge on any atom is 0.277 e. The average Bonchev–Trinajstić information content (AvgIpc) is 2.62. The van der Waals surface area contributed by atoms with Crippen molar-refractivity contribution < 1.29 is 9.53 Å². The fourth-order valence-electron chi connectivity index (χ4n) is 1.98. The summed E-state index contributed by atoms with van der Waals surface area (Å²) in [6.07, 6.45) is 0.653. The number of hydrogen-bond donors (Lipinski definition) is 1. The van der Waals surface area contributed by atoms with Crippen molar-refractivity contribution in [3.8, 4) is 11.8 Å². The fourth-order valence-corrected chi connectivity index (χ4v) is 2.11. The number of amides is 1. The van der Waals surface area contributed by atoms with Crippen molar-refractivity contribution in [3.05, 3.63) is 64.7 Å². The molecule has 0 radical (unpaired) electrons. The summed E-state index contributed by atoms with van der Waals surface area (Å²) in [6.45, 7) is 1.72. The molecule has 5 nitrogen and oxygen atoms in total. The standard InChI is InChI=1S/C18H16ClN3O2/c1-2-16(13-7-9-15(19)10-8-13)21-22-18(23)12-24-17-6-4-3-5-14(17)11-20/h3-10H,2,12H2,1H3,(H,22,23)/b21-16-. The molecule has 0 aliphatic heterocycles. The van der Waals surface area contributed by atoms with Gasteiger partial charge in [-0.05, 0) is 36.2 Å². The van der Waals surface area contributed by atoms with Gasteiger partial charge in [0.25, 0.3) is 5.91 Å². The van der Waals surface area contributed by atoms with Crippen LogP contribution in [-0.2, 0) is 4.79 Å². The molecule has 2 rings (SSSR count). The van der Waals surface area contributed by atoms with Gasteiger partial charge in [-0.25, -0.2) is 5.43 Å². The van der Waals surface area contributed by atoms with Gasteiger partial charge in [-0.2, -0.15) is 10.4 Å². The molecule has 0 aliphatic rings. The first-order chi connectivity index (χ1) is 11.6. The number of ether oxygens (including phenoxy) is 1. The van der Waals surface area contributed by atoms with Crippen molar-refractivity contribution in [3.63, 3.8) is 0 Å². The summed E-state index contributed by atoms with van der Waals surface area (Å²) in [6, 6.07) is 16.0.